The van der Waals surface area contributed by atoms with Gasteiger partial charge in [-0.3, -0.25) is 9.89 Å². The van der Waals surface area contributed by atoms with Crippen LogP contribution in [-0.2, 0) is 12.8 Å². The Bertz CT molecular complexity index is 745. The highest BCUT2D eigenvalue weighted by atomic mass is 16.1. The first kappa shape index (κ1) is 13.3. The molecule has 0 fully saturated rings. The monoisotopic (exact) mass is 293 g/mol. The molecule has 2 aromatic rings. The molecule has 0 spiro atoms. The number of hydrogen-bond acceptors (Lipinski definition) is 2. The summed E-state index contributed by atoms with van der Waals surface area (Å²) in [6, 6.07) is 6.04. The third kappa shape index (κ3) is 2.34. The Morgan fingerprint density at radius 2 is 2.23 bits per heavy atom. The largest absolute Gasteiger partial charge is 0.344 e. The molecule has 0 saturated heterocycles. The maximum Gasteiger partial charge on any atom is 0.251 e. The van der Waals surface area contributed by atoms with Crippen LogP contribution in [0.15, 0.2) is 30.5 Å². The van der Waals surface area contributed by atoms with Gasteiger partial charge in [-0.1, -0.05) is 18.2 Å². The average Bonchev–Trinajstić information content (AvgIpc) is 3.04. The molecule has 0 bridgehead atoms. The van der Waals surface area contributed by atoms with Gasteiger partial charge < -0.3 is 5.32 Å². The van der Waals surface area contributed by atoms with Crippen molar-refractivity contribution in [2.24, 2.45) is 0 Å². The summed E-state index contributed by atoms with van der Waals surface area (Å²) in [7, 11) is 0. The van der Waals surface area contributed by atoms with E-state index < -0.39 is 0 Å². The van der Waals surface area contributed by atoms with E-state index in [9.17, 15) is 4.79 Å². The van der Waals surface area contributed by atoms with Gasteiger partial charge >= 0.3 is 0 Å². The smallest absolute Gasteiger partial charge is 0.251 e. The molecule has 1 aromatic heterocycles. The molecule has 1 atom stereocenters. The predicted molar refractivity (Wildman–Crippen MR) is 85.5 cm³/mol. The molecular weight excluding hydrogens is 274 g/mol. The lowest BCUT2D eigenvalue weighted by atomic mass is 9.92. The zero-order chi connectivity index (χ0) is 14.9. The number of aryl methyl sites for hydroxylation is 2. The number of hydrogen-bond donors (Lipinski definition) is 2. The van der Waals surface area contributed by atoms with Crippen molar-refractivity contribution < 1.29 is 4.79 Å². The van der Waals surface area contributed by atoms with Gasteiger partial charge in [-0.15, -0.1) is 0 Å². The summed E-state index contributed by atoms with van der Waals surface area (Å²) in [5.41, 5.74) is 5.55. The molecular formula is C18H19N3O. The van der Waals surface area contributed by atoms with Gasteiger partial charge in [0.25, 0.3) is 5.91 Å². The molecule has 1 heterocycles. The number of carbonyl (C=O) groups is 1. The van der Waals surface area contributed by atoms with Crippen LogP contribution in [0.3, 0.4) is 0 Å². The van der Waals surface area contributed by atoms with Crippen LogP contribution in [0.25, 0.3) is 6.08 Å². The summed E-state index contributed by atoms with van der Waals surface area (Å²) >= 11 is 0. The quantitative estimate of drug-likeness (QED) is 0.893. The summed E-state index contributed by atoms with van der Waals surface area (Å²) in [5, 5.41) is 10.3. The van der Waals surface area contributed by atoms with Gasteiger partial charge in [-0.25, -0.2) is 0 Å². The van der Waals surface area contributed by atoms with Crippen molar-refractivity contribution in [1.29, 1.82) is 0 Å². The van der Waals surface area contributed by atoms with E-state index in [1.165, 1.54) is 16.7 Å². The number of fused-ring (bicyclic) bond motifs is 2. The summed E-state index contributed by atoms with van der Waals surface area (Å²) in [6.07, 6.45) is 11.4. The Kier molecular flexibility index (Phi) is 3.29. The van der Waals surface area contributed by atoms with Crippen molar-refractivity contribution in [1.82, 2.24) is 15.5 Å². The maximum atomic E-state index is 12.6. The molecule has 4 rings (SSSR count). The zero-order valence-electron chi connectivity index (χ0n) is 12.4. The van der Waals surface area contributed by atoms with Crippen LogP contribution >= 0.6 is 0 Å². The van der Waals surface area contributed by atoms with Crippen LogP contribution in [0.4, 0.5) is 0 Å². The highest BCUT2D eigenvalue weighted by Gasteiger charge is 2.24. The molecule has 0 radical (unpaired) electrons. The fourth-order valence-corrected chi connectivity index (χ4v) is 3.42. The number of aromatic nitrogens is 2. The summed E-state index contributed by atoms with van der Waals surface area (Å²) in [6.45, 7) is 0. The van der Waals surface area contributed by atoms with Gasteiger partial charge in [0.05, 0.1) is 17.9 Å². The molecule has 2 N–H and O–H groups in total. The molecule has 4 heteroatoms. The first-order chi connectivity index (χ1) is 10.8. The van der Waals surface area contributed by atoms with E-state index >= 15 is 0 Å². The summed E-state index contributed by atoms with van der Waals surface area (Å²) < 4.78 is 0. The fourth-order valence-electron chi connectivity index (χ4n) is 3.42. The second kappa shape index (κ2) is 5.44. The minimum absolute atomic E-state index is 0.00445. The van der Waals surface area contributed by atoms with Gasteiger partial charge in [-0.2, -0.15) is 5.10 Å². The zero-order valence-corrected chi connectivity index (χ0v) is 12.4. The average molecular weight is 293 g/mol. The fraction of sp³-hybridized carbons (Fsp3) is 0.333. The van der Waals surface area contributed by atoms with Crippen molar-refractivity contribution in [3.8, 4) is 0 Å². The topological polar surface area (TPSA) is 57.8 Å². The van der Waals surface area contributed by atoms with E-state index in [-0.39, 0.29) is 11.9 Å². The molecule has 112 valence electrons. The van der Waals surface area contributed by atoms with Crippen LogP contribution in [0, 0.1) is 0 Å². The lowest BCUT2D eigenvalue weighted by Crippen LogP contribution is -2.31. The van der Waals surface area contributed by atoms with E-state index in [4.69, 9.17) is 0 Å². The van der Waals surface area contributed by atoms with Gasteiger partial charge in [0.1, 0.15) is 0 Å². The van der Waals surface area contributed by atoms with E-state index in [2.05, 4.69) is 27.7 Å². The standard InChI is InChI=1S/C18H19N3O/c22-18(14-9-8-12-4-1-2-5-13(12)10-14)20-16-7-3-6-15-11-19-21-17(15)16/h1,4,8-11,16H,2-3,5-7H2,(H,19,21)(H,20,22). The molecule has 22 heavy (non-hydrogen) atoms. The number of nitrogens with zero attached hydrogens (tertiary/aromatic N) is 1. The Hall–Kier alpha value is -2.36. The second-order valence-electron chi connectivity index (χ2n) is 6.08. The second-order valence-corrected chi connectivity index (χ2v) is 6.08. The van der Waals surface area contributed by atoms with Crippen LogP contribution in [0.1, 0.15) is 58.0 Å². The first-order valence-corrected chi connectivity index (χ1v) is 7.94. The molecule has 2 aliphatic carbocycles. The molecule has 4 nitrogen and oxygen atoms in total. The summed E-state index contributed by atoms with van der Waals surface area (Å²) in [5.74, 6) is 0.00445. The van der Waals surface area contributed by atoms with Crippen LogP contribution < -0.4 is 5.32 Å². The Morgan fingerprint density at radius 3 is 3.18 bits per heavy atom. The van der Waals surface area contributed by atoms with Gasteiger partial charge in [0.15, 0.2) is 0 Å². The lowest BCUT2D eigenvalue weighted by molar-refractivity contribution is 0.0931. The van der Waals surface area contributed by atoms with Crippen molar-refractivity contribution in [3.63, 3.8) is 0 Å². The number of H-pyrrole nitrogens is 1. The molecule has 0 saturated carbocycles. The first-order valence-electron chi connectivity index (χ1n) is 7.94. The third-order valence-electron chi connectivity index (χ3n) is 4.63. The van der Waals surface area contributed by atoms with Crippen LogP contribution in [-0.4, -0.2) is 16.1 Å². The normalized spacial score (nSPS) is 19.4. The van der Waals surface area contributed by atoms with Crippen LogP contribution in [0.2, 0.25) is 0 Å². The van der Waals surface area contributed by atoms with Crippen LogP contribution in [0.5, 0.6) is 0 Å². The molecule has 1 aromatic carbocycles. The molecule has 2 aliphatic rings. The van der Waals surface area contributed by atoms with Gasteiger partial charge in [-0.05, 0) is 60.9 Å². The number of benzene rings is 1. The highest BCUT2D eigenvalue weighted by molar-refractivity contribution is 5.95. The van der Waals surface area contributed by atoms with Crippen molar-refractivity contribution >= 4 is 12.0 Å². The maximum absolute atomic E-state index is 12.6. The number of amides is 1. The highest BCUT2D eigenvalue weighted by Crippen LogP contribution is 2.28. The Balaban J connectivity index is 1.55. The van der Waals surface area contributed by atoms with Crippen molar-refractivity contribution in [2.45, 2.75) is 38.1 Å². The Morgan fingerprint density at radius 1 is 1.27 bits per heavy atom. The minimum atomic E-state index is 0.00445. The predicted octanol–water partition coefficient (Wildman–Crippen LogP) is 3.18. The van der Waals surface area contributed by atoms with Crippen molar-refractivity contribution in [2.75, 3.05) is 0 Å². The third-order valence-corrected chi connectivity index (χ3v) is 4.63. The van der Waals surface area contributed by atoms with E-state index in [0.29, 0.717) is 0 Å². The van der Waals surface area contributed by atoms with E-state index in [1.807, 2.05) is 24.4 Å². The molecule has 1 amide bonds. The number of aromatic amines is 1. The SMILES string of the molecule is O=C(NC1CCCc2cn[nH]c21)c1ccc2c(c1)CCC=C2. The van der Waals surface area contributed by atoms with Gasteiger partial charge in [0, 0.05) is 5.56 Å². The number of nitrogens with one attached hydrogen (secondary N) is 2. The number of allylic oxidation sites excluding steroid dienone is 1. The van der Waals surface area contributed by atoms with Crippen molar-refractivity contribution in [3.05, 3.63) is 58.4 Å². The van der Waals surface area contributed by atoms with E-state index in [0.717, 1.165) is 43.4 Å². The number of rotatable bonds is 2. The Labute approximate surface area is 129 Å². The van der Waals surface area contributed by atoms with E-state index in [1.54, 1.807) is 0 Å². The number of carbonyl (C=O) groups excluding carboxylic acids is 1. The van der Waals surface area contributed by atoms with Gasteiger partial charge in [0.2, 0.25) is 0 Å². The summed E-state index contributed by atoms with van der Waals surface area (Å²) in [4.78, 5) is 12.6. The molecule has 1 unspecified atom stereocenters. The molecule has 0 aliphatic heterocycles. The lowest BCUT2D eigenvalue weighted by Gasteiger charge is -2.23. The minimum Gasteiger partial charge on any atom is -0.344 e.